The molecule has 0 aromatic carbocycles. The van der Waals surface area contributed by atoms with E-state index < -0.39 is 12.2 Å². The lowest BCUT2D eigenvalue weighted by Crippen LogP contribution is -2.03. The van der Waals surface area contributed by atoms with Crippen LogP contribution < -0.4 is 0 Å². The quantitative estimate of drug-likeness (QED) is 0.781. The SMILES string of the molecule is CCC(O)c1coc(C)c1C(O)CC. The Morgan fingerprint density at radius 3 is 2.29 bits per heavy atom. The molecule has 1 aromatic rings. The summed E-state index contributed by atoms with van der Waals surface area (Å²) in [5.41, 5.74) is 1.47. The molecule has 0 saturated heterocycles. The normalized spacial score (nSPS) is 15.5. The minimum absolute atomic E-state index is 0.537. The summed E-state index contributed by atoms with van der Waals surface area (Å²) in [7, 11) is 0. The molecular weight excluding hydrogens is 180 g/mol. The van der Waals surface area contributed by atoms with Crippen molar-refractivity contribution >= 4 is 0 Å². The molecule has 0 amide bonds. The summed E-state index contributed by atoms with van der Waals surface area (Å²) in [4.78, 5) is 0. The van der Waals surface area contributed by atoms with Gasteiger partial charge in [0.25, 0.3) is 0 Å². The number of hydrogen-bond donors (Lipinski definition) is 2. The zero-order chi connectivity index (χ0) is 10.7. The van der Waals surface area contributed by atoms with Crippen molar-refractivity contribution in [2.24, 2.45) is 0 Å². The van der Waals surface area contributed by atoms with E-state index in [0.717, 1.165) is 11.1 Å². The maximum absolute atomic E-state index is 9.75. The highest BCUT2D eigenvalue weighted by Gasteiger charge is 2.21. The van der Waals surface area contributed by atoms with Crippen LogP contribution in [0.2, 0.25) is 0 Å². The number of aliphatic hydroxyl groups is 2. The van der Waals surface area contributed by atoms with Gasteiger partial charge in [0.1, 0.15) is 5.76 Å². The Balaban J connectivity index is 3.05. The first-order chi connectivity index (χ1) is 6.61. The van der Waals surface area contributed by atoms with E-state index in [-0.39, 0.29) is 0 Å². The lowest BCUT2D eigenvalue weighted by Gasteiger charge is -2.12. The molecule has 3 heteroatoms. The number of rotatable bonds is 4. The molecule has 1 aromatic heterocycles. The van der Waals surface area contributed by atoms with Crippen molar-refractivity contribution in [3.05, 3.63) is 23.2 Å². The van der Waals surface area contributed by atoms with Crippen molar-refractivity contribution in [1.29, 1.82) is 0 Å². The van der Waals surface area contributed by atoms with Gasteiger partial charge in [0.05, 0.1) is 18.5 Å². The molecule has 2 atom stereocenters. The Bertz CT molecular complexity index is 291. The van der Waals surface area contributed by atoms with Crippen molar-refractivity contribution < 1.29 is 14.6 Å². The summed E-state index contributed by atoms with van der Waals surface area (Å²) >= 11 is 0. The highest BCUT2D eigenvalue weighted by atomic mass is 16.3. The number of aryl methyl sites for hydroxylation is 1. The number of hydrogen-bond acceptors (Lipinski definition) is 3. The van der Waals surface area contributed by atoms with Crippen LogP contribution in [0.15, 0.2) is 10.7 Å². The molecule has 0 fully saturated rings. The van der Waals surface area contributed by atoms with E-state index in [9.17, 15) is 10.2 Å². The molecule has 0 aliphatic carbocycles. The number of aliphatic hydroxyl groups excluding tert-OH is 2. The summed E-state index contributed by atoms with van der Waals surface area (Å²) in [5, 5.41) is 19.4. The third-order valence-corrected chi connectivity index (χ3v) is 2.52. The van der Waals surface area contributed by atoms with E-state index in [1.807, 2.05) is 13.8 Å². The first-order valence-corrected chi connectivity index (χ1v) is 5.05. The van der Waals surface area contributed by atoms with Crippen LogP contribution in [0.5, 0.6) is 0 Å². The molecule has 0 aliphatic heterocycles. The van der Waals surface area contributed by atoms with Gasteiger partial charge in [-0.1, -0.05) is 13.8 Å². The van der Waals surface area contributed by atoms with Crippen molar-refractivity contribution in [3.8, 4) is 0 Å². The van der Waals surface area contributed by atoms with Crippen LogP contribution in [0, 0.1) is 6.92 Å². The summed E-state index contributed by atoms with van der Waals surface area (Å²) < 4.78 is 5.22. The third kappa shape index (κ3) is 1.99. The van der Waals surface area contributed by atoms with Gasteiger partial charge in [-0.2, -0.15) is 0 Å². The molecule has 0 radical (unpaired) electrons. The van der Waals surface area contributed by atoms with Crippen LogP contribution in [0.1, 0.15) is 55.8 Å². The van der Waals surface area contributed by atoms with Gasteiger partial charge in [-0.3, -0.25) is 0 Å². The fourth-order valence-electron chi connectivity index (χ4n) is 1.59. The van der Waals surface area contributed by atoms with E-state index in [1.54, 1.807) is 6.92 Å². The molecule has 0 bridgehead atoms. The van der Waals surface area contributed by atoms with Gasteiger partial charge in [-0.15, -0.1) is 0 Å². The first-order valence-electron chi connectivity index (χ1n) is 5.05. The van der Waals surface area contributed by atoms with Crippen molar-refractivity contribution in [2.75, 3.05) is 0 Å². The summed E-state index contributed by atoms with van der Waals surface area (Å²) in [6, 6.07) is 0. The zero-order valence-corrected chi connectivity index (χ0v) is 8.95. The molecule has 3 nitrogen and oxygen atoms in total. The van der Waals surface area contributed by atoms with Crippen LogP contribution in [-0.4, -0.2) is 10.2 Å². The average molecular weight is 198 g/mol. The van der Waals surface area contributed by atoms with Gasteiger partial charge >= 0.3 is 0 Å². The highest BCUT2D eigenvalue weighted by molar-refractivity contribution is 5.31. The zero-order valence-electron chi connectivity index (χ0n) is 8.95. The second-order valence-electron chi connectivity index (χ2n) is 3.51. The second-order valence-corrected chi connectivity index (χ2v) is 3.51. The standard InChI is InChI=1S/C11H18O3/c1-4-9(12)8-6-14-7(3)11(8)10(13)5-2/h6,9-10,12-13H,4-5H2,1-3H3. The second kappa shape index (κ2) is 4.62. The van der Waals surface area contributed by atoms with Crippen LogP contribution in [-0.2, 0) is 0 Å². The molecule has 1 rings (SSSR count). The van der Waals surface area contributed by atoms with Crippen LogP contribution >= 0.6 is 0 Å². The Kier molecular flexibility index (Phi) is 3.72. The Morgan fingerprint density at radius 1 is 1.21 bits per heavy atom. The summed E-state index contributed by atoms with van der Waals surface area (Å²) in [6.45, 7) is 5.61. The van der Waals surface area contributed by atoms with Crippen LogP contribution in [0.4, 0.5) is 0 Å². The van der Waals surface area contributed by atoms with Gasteiger partial charge in [-0.25, -0.2) is 0 Å². The maximum atomic E-state index is 9.75. The first kappa shape index (κ1) is 11.3. The topological polar surface area (TPSA) is 53.6 Å². The average Bonchev–Trinajstić information content (AvgIpc) is 2.58. The molecule has 0 saturated carbocycles. The lowest BCUT2D eigenvalue weighted by molar-refractivity contribution is 0.150. The lowest BCUT2D eigenvalue weighted by atomic mass is 9.98. The summed E-state index contributed by atoms with van der Waals surface area (Å²) in [5.74, 6) is 0.696. The molecular formula is C11H18O3. The highest BCUT2D eigenvalue weighted by Crippen LogP contribution is 2.31. The molecule has 0 aliphatic rings. The van der Waals surface area contributed by atoms with Gasteiger partial charge < -0.3 is 14.6 Å². The van der Waals surface area contributed by atoms with E-state index >= 15 is 0 Å². The molecule has 1 heterocycles. The van der Waals surface area contributed by atoms with E-state index in [1.165, 1.54) is 6.26 Å². The van der Waals surface area contributed by atoms with Crippen molar-refractivity contribution in [2.45, 2.75) is 45.8 Å². The Hall–Kier alpha value is -0.800. The smallest absolute Gasteiger partial charge is 0.106 e. The minimum atomic E-state index is -0.538. The fourth-order valence-corrected chi connectivity index (χ4v) is 1.59. The molecule has 2 unspecified atom stereocenters. The number of furan rings is 1. The minimum Gasteiger partial charge on any atom is -0.469 e. The molecule has 80 valence electrons. The van der Waals surface area contributed by atoms with Gasteiger partial charge in [0, 0.05) is 11.1 Å². The van der Waals surface area contributed by atoms with E-state index in [0.29, 0.717) is 18.6 Å². The van der Waals surface area contributed by atoms with Crippen LogP contribution in [0.25, 0.3) is 0 Å². The monoisotopic (exact) mass is 198 g/mol. The van der Waals surface area contributed by atoms with Gasteiger partial charge in [0.2, 0.25) is 0 Å². The molecule has 0 spiro atoms. The third-order valence-electron chi connectivity index (χ3n) is 2.52. The van der Waals surface area contributed by atoms with Crippen molar-refractivity contribution in [3.63, 3.8) is 0 Å². The van der Waals surface area contributed by atoms with Gasteiger partial charge in [-0.05, 0) is 19.8 Å². The summed E-state index contributed by atoms with van der Waals surface area (Å²) in [6.07, 6.45) is 1.72. The van der Waals surface area contributed by atoms with Crippen molar-refractivity contribution in [1.82, 2.24) is 0 Å². The van der Waals surface area contributed by atoms with E-state index in [4.69, 9.17) is 4.42 Å². The largest absolute Gasteiger partial charge is 0.469 e. The fraction of sp³-hybridized carbons (Fsp3) is 0.636. The predicted molar refractivity (Wildman–Crippen MR) is 53.9 cm³/mol. The maximum Gasteiger partial charge on any atom is 0.106 e. The Labute approximate surface area is 84.4 Å². The molecule has 2 N–H and O–H groups in total. The van der Waals surface area contributed by atoms with E-state index in [2.05, 4.69) is 0 Å². The van der Waals surface area contributed by atoms with Crippen LogP contribution in [0.3, 0.4) is 0 Å². The van der Waals surface area contributed by atoms with Gasteiger partial charge in [0.15, 0.2) is 0 Å². The molecule has 14 heavy (non-hydrogen) atoms. The predicted octanol–water partition coefficient (Wildman–Crippen LogP) is 2.47. The Morgan fingerprint density at radius 2 is 1.79 bits per heavy atom.